The number of amides is 4. The molecule has 0 radical (unpaired) electrons. The summed E-state index contributed by atoms with van der Waals surface area (Å²) in [7, 11) is -3.98. The number of pyridine rings is 1. The van der Waals surface area contributed by atoms with E-state index in [1.54, 1.807) is 37.3 Å². The van der Waals surface area contributed by atoms with Crippen molar-refractivity contribution in [3.8, 4) is 5.75 Å². The van der Waals surface area contributed by atoms with Gasteiger partial charge in [-0.05, 0) is 63.9 Å². The maximum atomic E-state index is 14.5. The van der Waals surface area contributed by atoms with Crippen molar-refractivity contribution in [1.82, 2.24) is 25.2 Å². The molecule has 3 N–H and O–H groups in total. The number of allylic oxidation sites excluding steroid dienone is 1. The average molecular weight is 792 g/mol. The van der Waals surface area contributed by atoms with Crippen molar-refractivity contribution < 1.29 is 50.2 Å². The predicted molar refractivity (Wildman–Crippen MR) is 195 cm³/mol. The van der Waals surface area contributed by atoms with E-state index < -0.39 is 79.8 Å². The summed E-state index contributed by atoms with van der Waals surface area (Å²) in [4.78, 5) is 60.0. The van der Waals surface area contributed by atoms with Crippen molar-refractivity contribution in [3.05, 3.63) is 47.7 Å². The topological polar surface area (TPSA) is 173 Å². The van der Waals surface area contributed by atoms with E-state index in [9.17, 15) is 40.8 Å². The molecule has 1 aliphatic carbocycles. The lowest BCUT2D eigenvalue weighted by Gasteiger charge is -2.37. The number of hydrogen-bond acceptors (Lipinski definition) is 9. The van der Waals surface area contributed by atoms with Crippen molar-refractivity contribution in [2.45, 2.75) is 114 Å². The van der Waals surface area contributed by atoms with Crippen LogP contribution in [-0.2, 0) is 41.7 Å². The predicted octanol–water partition coefficient (Wildman–Crippen LogP) is 4.92. The van der Waals surface area contributed by atoms with Crippen LogP contribution in [0.25, 0.3) is 10.9 Å². The average Bonchev–Trinajstić information content (AvgIpc) is 3.79. The van der Waals surface area contributed by atoms with E-state index in [0.29, 0.717) is 49.5 Å². The van der Waals surface area contributed by atoms with Gasteiger partial charge in [0.2, 0.25) is 27.7 Å². The monoisotopic (exact) mass is 791 g/mol. The highest BCUT2D eigenvalue weighted by Gasteiger charge is 2.55. The molecule has 2 fully saturated rings. The van der Waals surface area contributed by atoms with Crippen molar-refractivity contribution in [2.24, 2.45) is 11.8 Å². The van der Waals surface area contributed by atoms with Gasteiger partial charge in [0.1, 0.15) is 17.7 Å². The van der Waals surface area contributed by atoms with Gasteiger partial charge in [0.25, 0.3) is 0 Å². The third kappa shape index (κ3) is 8.86. The Hall–Kier alpha value is -4.41. The Kier molecular flexibility index (Phi) is 11.4. The molecule has 1 saturated heterocycles. The summed E-state index contributed by atoms with van der Waals surface area (Å²) in [5, 5.41) is 5.86. The molecule has 0 bridgehead atoms. The van der Waals surface area contributed by atoms with E-state index in [-0.39, 0.29) is 56.8 Å². The molecule has 1 aromatic heterocycles. The van der Waals surface area contributed by atoms with E-state index in [0.717, 1.165) is 0 Å². The van der Waals surface area contributed by atoms with E-state index in [2.05, 4.69) is 20.3 Å². The summed E-state index contributed by atoms with van der Waals surface area (Å²) < 4.78 is 82.1. The summed E-state index contributed by atoms with van der Waals surface area (Å²) in [6.45, 7) is 4.77. The standard InChI is InChI=1S/C38H48F3N5O8S/c1-23(2)21-53-35(50)44-28-14-8-6-4-5-7-11-24(32(47)45-55(51,52)36(3)17-18-36)20-42-33(48)29-19-37(22-46(29)34(28)49)16-15-26-25-12-9-10-13-27(25)43-31(30(26)54-37)38(39,40)41/h7,9-13,23-24,28-29H,4-6,8,14-22H2,1-3H3,(H,42,48)(H,44,50)(H,45,47)/b11-7-/t24-,28+,29+,37-/m1/s1. The maximum absolute atomic E-state index is 14.5. The van der Waals surface area contributed by atoms with Crippen LogP contribution in [0.4, 0.5) is 18.0 Å². The number of nitrogens with one attached hydrogen (secondary N) is 3. The fraction of sp³-hybridized carbons (Fsp3) is 0.605. The number of benzene rings is 1. The molecule has 0 unspecified atom stereocenters. The van der Waals surface area contributed by atoms with Crippen molar-refractivity contribution >= 4 is 44.7 Å². The summed E-state index contributed by atoms with van der Waals surface area (Å²) in [5.41, 5.74) is -2.16. The molecule has 1 aromatic carbocycles. The number of ether oxygens (including phenoxy) is 2. The SMILES string of the molecule is CC(C)COC(=O)N[C@H]1CCCCC/C=C\[C@@H](C(=O)NS(=O)(=O)C2(C)CC2)CNC(=O)[C@@H]2C[C@]3(CCc4c(c(C(F)(F)F)nc5ccccc45)O3)CN2C1=O. The lowest BCUT2D eigenvalue weighted by atomic mass is 9.87. The summed E-state index contributed by atoms with van der Waals surface area (Å²) in [6.07, 6.45) is 1.02. The Morgan fingerprint density at radius 2 is 1.87 bits per heavy atom. The smallest absolute Gasteiger partial charge is 0.437 e. The molecule has 4 amide bonds. The fourth-order valence-electron chi connectivity index (χ4n) is 7.39. The maximum Gasteiger partial charge on any atom is 0.437 e. The largest absolute Gasteiger partial charge is 0.483 e. The molecule has 2 aromatic rings. The van der Waals surface area contributed by atoms with Gasteiger partial charge in [-0.15, -0.1) is 0 Å². The Morgan fingerprint density at radius 1 is 1.13 bits per heavy atom. The molecule has 4 aliphatic rings. The van der Waals surface area contributed by atoms with Gasteiger partial charge >= 0.3 is 12.3 Å². The number of hydrogen-bond donors (Lipinski definition) is 3. The number of alkyl carbamates (subject to hydrolysis) is 1. The first-order valence-corrected chi connectivity index (χ1v) is 20.3. The fourth-order valence-corrected chi connectivity index (χ4v) is 8.69. The minimum Gasteiger partial charge on any atom is -0.483 e. The van der Waals surface area contributed by atoms with Crippen molar-refractivity contribution in [3.63, 3.8) is 0 Å². The zero-order valence-corrected chi connectivity index (χ0v) is 32.0. The first-order valence-electron chi connectivity index (χ1n) is 18.8. The van der Waals surface area contributed by atoms with Crippen LogP contribution in [-0.4, -0.2) is 84.2 Å². The Balaban J connectivity index is 1.32. The highest BCUT2D eigenvalue weighted by molar-refractivity contribution is 7.91. The Morgan fingerprint density at radius 3 is 2.58 bits per heavy atom. The molecule has 13 nitrogen and oxygen atoms in total. The highest BCUT2D eigenvalue weighted by Crippen LogP contribution is 2.48. The third-order valence-corrected chi connectivity index (χ3v) is 13.1. The summed E-state index contributed by atoms with van der Waals surface area (Å²) >= 11 is 0. The number of para-hydroxylation sites is 1. The van der Waals surface area contributed by atoms with E-state index in [1.165, 1.54) is 11.0 Å². The van der Waals surface area contributed by atoms with E-state index in [1.807, 2.05) is 13.8 Å². The number of sulfonamides is 1. The van der Waals surface area contributed by atoms with Gasteiger partial charge in [0, 0.05) is 23.9 Å². The second-order valence-corrected chi connectivity index (χ2v) is 18.0. The number of alkyl halides is 3. The van der Waals surface area contributed by atoms with Crippen molar-refractivity contribution in [2.75, 3.05) is 19.7 Å². The highest BCUT2D eigenvalue weighted by atomic mass is 32.2. The van der Waals surface area contributed by atoms with Gasteiger partial charge in [-0.1, -0.05) is 57.0 Å². The minimum absolute atomic E-state index is 0.0243. The van der Waals surface area contributed by atoms with Crippen LogP contribution in [0.3, 0.4) is 0 Å². The molecule has 4 atom stereocenters. The number of carbonyl (C=O) groups excluding carboxylic acids is 4. The normalized spacial score (nSPS) is 26.5. The van der Waals surface area contributed by atoms with Crippen molar-refractivity contribution in [1.29, 1.82) is 0 Å². The first-order chi connectivity index (χ1) is 25.9. The molecule has 4 heterocycles. The molecule has 1 spiro atoms. The van der Waals surface area contributed by atoms with Crippen LogP contribution in [0, 0.1) is 11.8 Å². The van der Waals surface area contributed by atoms with Crippen LogP contribution >= 0.6 is 0 Å². The number of carbonyl (C=O) groups is 4. The molecule has 17 heteroatoms. The number of aromatic nitrogens is 1. The van der Waals surface area contributed by atoms with Gasteiger partial charge in [-0.2, -0.15) is 13.2 Å². The van der Waals surface area contributed by atoms with Crippen LogP contribution in [0.2, 0.25) is 0 Å². The Bertz CT molecular complexity index is 1970. The molecule has 3 aliphatic heterocycles. The van der Waals surface area contributed by atoms with E-state index >= 15 is 0 Å². The summed E-state index contributed by atoms with van der Waals surface area (Å²) in [6, 6.07) is 4.06. The number of rotatable bonds is 6. The quantitative estimate of drug-likeness (QED) is 0.344. The van der Waals surface area contributed by atoms with Crippen LogP contribution in [0.1, 0.15) is 89.8 Å². The van der Waals surface area contributed by atoms with Gasteiger partial charge in [-0.25, -0.2) is 18.2 Å². The molecule has 300 valence electrons. The first kappa shape index (κ1) is 40.3. The second-order valence-electron chi connectivity index (χ2n) is 15.8. The zero-order chi connectivity index (χ0) is 39.8. The third-order valence-electron chi connectivity index (χ3n) is 10.9. The molecular weight excluding hydrogens is 744 g/mol. The zero-order valence-electron chi connectivity index (χ0n) is 31.2. The van der Waals surface area contributed by atoms with Crippen LogP contribution in [0.15, 0.2) is 36.4 Å². The second kappa shape index (κ2) is 15.6. The number of halogens is 3. The van der Waals surface area contributed by atoms with Gasteiger partial charge in [0.15, 0.2) is 11.4 Å². The van der Waals surface area contributed by atoms with Crippen LogP contribution < -0.4 is 20.1 Å². The lowest BCUT2D eigenvalue weighted by molar-refractivity contribution is -0.144. The minimum atomic E-state index is -4.87. The van der Waals surface area contributed by atoms with E-state index in [4.69, 9.17) is 9.47 Å². The number of fused-ring (bicyclic) bond motifs is 4. The molecular formula is C38H48F3N5O8S. The molecule has 1 saturated carbocycles. The van der Waals surface area contributed by atoms with Gasteiger partial charge in [-0.3, -0.25) is 19.1 Å². The number of nitrogens with zero attached hydrogens (tertiary/aromatic N) is 2. The van der Waals surface area contributed by atoms with Crippen LogP contribution in [0.5, 0.6) is 5.75 Å². The lowest BCUT2D eigenvalue weighted by Crippen LogP contribution is -2.54. The molecule has 55 heavy (non-hydrogen) atoms. The van der Waals surface area contributed by atoms with Gasteiger partial charge in [0.05, 0.1) is 29.3 Å². The summed E-state index contributed by atoms with van der Waals surface area (Å²) in [5.74, 6) is -3.68. The Labute approximate surface area is 318 Å². The van der Waals surface area contributed by atoms with Gasteiger partial charge < -0.3 is 25.0 Å². The number of aryl methyl sites for hydroxylation is 1. The molecule has 6 rings (SSSR count).